The molecule has 0 aromatic heterocycles. The molecule has 1 saturated heterocycles. The topological polar surface area (TPSA) is 32.3 Å². The highest BCUT2D eigenvalue weighted by Gasteiger charge is 2.16. The van der Waals surface area contributed by atoms with Crippen molar-refractivity contribution in [3.8, 4) is 0 Å². The number of Topliss-reactive ketones (excluding diaryl/α,β-unsaturated/α-hetero) is 1. The van der Waals surface area contributed by atoms with Gasteiger partial charge in [-0.2, -0.15) is 0 Å². The molecule has 1 heterocycles. The Morgan fingerprint density at radius 1 is 1.25 bits per heavy atom. The highest BCUT2D eigenvalue weighted by atomic mass is 16.1. The van der Waals surface area contributed by atoms with Crippen molar-refractivity contribution in [2.45, 2.75) is 32.1 Å². The molecule has 0 bridgehead atoms. The van der Waals surface area contributed by atoms with Crippen molar-refractivity contribution in [3.05, 3.63) is 11.6 Å². The van der Waals surface area contributed by atoms with Crippen LogP contribution in [0, 0.1) is 0 Å². The summed E-state index contributed by atoms with van der Waals surface area (Å²) in [5.41, 5.74) is 1.09. The van der Waals surface area contributed by atoms with Crippen LogP contribution < -0.4 is 5.32 Å². The van der Waals surface area contributed by atoms with E-state index in [2.05, 4.69) is 16.3 Å². The van der Waals surface area contributed by atoms with Gasteiger partial charge >= 0.3 is 0 Å². The number of carbonyl (C=O) groups is 1. The van der Waals surface area contributed by atoms with Gasteiger partial charge in [-0.25, -0.2) is 0 Å². The number of carbonyl (C=O) groups excluding carboxylic acids is 1. The number of hydrogen-bond acceptors (Lipinski definition) is 3. The lowest BCUT2D eigenvalue weighted by Crippen LogP contribution is -2.33. The lowest BCUT2D eigenvalue weighted by molar-refractivity contribution is -0.116. The van der Waals surface area contributed by atoms with Gasteiger partial charge in [0, 0.05) is 13.1 Å². The van der Waals surface area contributed by atoms with Gasteiger partial charge in [0.15, 0.2) is 5.78 Å². The first-order valence-corrected chi connectivity index (χ1v) is 6.51. The number of allylic oxidation sites excluding steroid dienone is 1. The summed E-state index contributed by atoms with van der Waals surface area (Å²) in [7, 11) is 0. The molecule has 0 aromatic rings. The fourth-order valence-corrected chi connectivity index (χ4v) is 2.46. The third kappa shape index (κ3) is 3.42. The second kappa shape index (κ2) is 6.16. The molecule has 0 aromatic carbocycles. The summed E-state index contributed by atoms with van der Waals surface area (Å²) in [6.07, 6.45) is 7.87. The van der Waals surface area contributed by atoms with Crippen LogP contribution in [-0.4, -0.2) is 43.4 Å². The summed E-state index contributed by atoms with van der Waals surface area (Å²) < 4.78 is 0. The van der Waals surface area contributed by atoms with Crippen LogP contribution in [-0.2, 0) is 4.79 Å². The van der Waals surface area contributed by atoms with E-state index in [1.54, 1.807) is 0 Å². The Kier molecular flexibility index (Phi) is 4.55. The van der Waals surface area contributed by atoms with Gasteiger partial charge in [0.25, 0.3) is 0 Å². The van der Waals surface area contributed by atoms with Crippen LogP contribution in [0.3, 0.4) is 0 Å². The van der Waals surface area contributed by atoms with Crippen LogP contribution in [0.2, 0.25) is 0 Å². The molecule has 90 valence electrons. The predicted molar refractivity (Wildman–Crippen MR) is 65.5 cm³/mol. The van der Waals surface area contributed by atoms with Crippen LogP contribution >= 0.6 is 0 Å². The zero-order chi connectivity index (χ0) is 11.2. The van der Waals surface area contributed by atoms with Gasteiger partial charge in [0.05, 0.1) is 6.54 Å². The standard InChI is InChI=1S/C13H22N2O/c16-13(12-5-2-1-3-6-12)11-15-9-4-7-14-8-10-15/h5,14H,1-4,6-11H2. The zero-order valence-electron chi connectivity index (χ0n) is 10.0. The smallest absolute Gasteiger partial charge is 0.172 e. The van der Waals surface area contributed by atoms with E-state index in [0.717, 1.165) is 51.0 Å². The average Bonchev–Trinajstić information content (AvgIpc) is 2.59. The average molecular weight is 222 g/mol. The number of nitrogens with zero attached hydrogens (tertiary/aromatic N) is 1. The SMILES string of the molecule is O=C(CN1CCCNCC1)C1=CCCCC1. The summed E-state index contributed by atoms with van der Waals surface area (Å²) in [6.45, 7) is 4.82. The highest BCUT2D eigenvalue weighted by molar-refractivity contribution is 5.96. The molecule has 2 rings (SSSR count). The molecule has 3 nitrogen and oxygen atoms in total. The molecule has 3 heteroatoms. The van der Waals surface area contributed by atoms with Crippen molar-refractivity contribution >= 4 is 5.78 Å². The molecule has 0 unspecified atom stereocenters. The molecular weight excluding hydrogens is 200 g/mol. The Balaban J connectivity index is 1.83. The summed E-state index contributed by atoms with van der Waals surface area (Å²) in [6, 6.07) is 0. The van der Waals surface area contributed by atoms with E-state index in [4.69, 9.17) is 0 Å². The molecule has 16 heavy (non-hydrogen) atoms. The Bertz CT molecular complexity index is 265. The van der Waals surface area contributed by atoms with E-state index in [1.165, 1.54) is 12.8 Å². The minimum absolute atomic E-state index is 0.363. The van der Waals surface area contributed by atoms with E-state index in [0.29, 0.717) is 12.3 Å². The molecule has 0 amide bonds. The largest absolute Gasteiger partial charge is 0.315 e. The van der Waals surface area contributed by atoms with Crippen molar-refractivity contribution in [2.75, 3.05) is 32.7 Å². The van der Waals surface area contributed by atoms with E-state index in [9.17, 15) is 4.79 Å². The van der Waals surface area contributed by atoms with E-state index >= 15 is 0 Å². The van der Waals surface area contributed by atoms with Crippen molar-refractivity contribution in [1.82, 2.24) is 10.2 Å². The van der Waals surface area contributed by atoms with E-state index in [-0.39, 0.29) is 0 Å². The molecular formula is C13H22N2O. The summed E-state index contributed by atoms with van der Waals surface area (Å²) in [5.74, 6) is 0.363. The third-order valence-electron chi connectivity index (χ3n) is 3.45. The van der Waals surface area contributed by atoms with Crippen molar-refractivity contribution < 1.29 is 4.79 Å². The minimum atomic E-state index is 0.363. The Morgan fingerprint density at radius 3 is 3.00 bits per heavy atom. The second-order valence-corrected chi connectivity index (χ2v) is 4.78. The van der Waals surface area contributed by atoms with Crippen molar-refractivity contribution in [1.29, 1.82) is 0 Å². The maximum Gasteiger partial charge on any atom is 0.172 e. The monoisotopic (exact) mass is 222 g/mol. The lowest BCUT2D eigenvalue weighted by atomic mass is 9.96. The molecule has 0 atom stereocenters. The van der Waals surface area contributed by atoms with Crippen LogP contribution in [0.4, 0.5) is 0 Å². The van der Waals surface area contributed by atoms with E-state index < -0.39 is 0 Å². The van der Waals surface area contributed by atoms with Crippen molar-refractivity contribution in [2.24, 2.45) is 0 Å². The summed E-state index contributed by atoms with van der Waals surface area (Å²) >= 11 is 0. The fourth-order valence-electron chi connectivity index (χ4n) is 2.46. The number of ketones is 1. The van der Waals surface area contributed by atoms with E-state index in [1.807, 2.05) is 0 Å². The molecule has 1 fully saturated rings. The molecule has 0 saturated carbocycles. The third-order valence-corrected chi connectivity index (χ3v) is 3.45. The highest BCUT2D eigenvalue weighted by Crippen LogP contribution is 2.18. The van der Waals surface area contributed by atoms with Gasteiger partial charge in [-0.3, -0.25) is 9.69 Å². The Hall–Kier alpha value is -0.670. The van der Waals surface area contributed by atoms with Gasteiger partial charge in [-0.1, -0.05) is 6.08 Å². The van der Waals surface area contributed by atoms with Gasteiger partial charge < -0.3 is 5.32 Å². The Morgan fingerprint density at radius 2 is 2.19 bits per heavy atom. The van der Waals surface area contributed by atoms with Crippen molar-refractivity contribution in [3.63, 3.8) is 0 Å². The first kappa shape index (κ1) is 11.8. The number of rotatable bonds is 3. The zero-order valence-corrected chi connectivity index (χ0v) is 10.0. The second-order valence-electron chi connectivity index (χ2n) is 4.78. The van der Waals surface area contributed by atoms with Gasteiger partial charge in [0.1, 0.15) is 0 Å². The number of nitrogens with one attached hydrogen (secondary N) is 1. The van der Waals surface area contributed by atoms with Crippen LogP contribution in [0.15, 0.2) is 11.6 Å². The van der Waals surface area contributed by atoms with Gasteiger partial charge in [-0.15, -0.1) is 0 Å². The van der Waals surface area contributed by atoms with Gasteiger partial charge in [-0.05, 0) is 50.8 Å². The Labute approximate surface area is 97.9 Å². The summed E-state index contributed by atoms with van der Waals surface area (Å²) in [4.78, 5) is 14.3. The minimum Gasteiger partial charge on any atom is -0.315 e. The van der Waals surface area contributed by atoms with Crippen LogP contribution in [0.25, 0.3) is 0 Å². The maximum atomic E-state index is 12.0. The maximum absolute atomic E-state index is 12.0. The molecule has 2 aliphatic rings. The molecule has 0 spiro atoms. The fraction of sp³-hybridized carbons (Fsp3) is 0.769. The molecule has 0 radical (unpaired) electrons. The van der Waals surface area contributed by atoms with Gasteiger partial charge in [0.2, 0.25) is 0 Å². The first-order valence-electron chi connectivity index (χ1n) is 6.51. The molecule has 1 N–H and O–H groups in total. The lowest BCUT2D eigenvalue weighted by Gasteiger charge is -2.20. The predicted octanol–water partition coefficient (Wildman–Crippen LogP) is 1.35. The first-order chi connectivity index (χ1) is 7.86. The quantitative estimate of drug-likeness (QED) is 0.782. The molecule has 1 aliphatic carbocycles. The number of hydrogen-bond donors (Lipinski definition) is 1. The van der Waals surface area contributed by atoms with Crippen LogP contribution in [0.1, 0.15) is 32.1 Å². The normalized spacial score (nSPS) is 23.6. The van der Waals surface area contributed by atoms with Crippen LogP contribution in [0.5, 0.6) is 0 Å². The molecule has 1 aliphatic heterocycles. The summed E-state index contributed by atoms with van der Waals surface area (Å²) in [5, 5.41) is 3.36.